The molecular formula is C33H37N3O10. The van der Waals surface area contributed by atoms with Crippen LogP contribution in [0.3, 0.4) is 0 Å². The molecule has 3 aromatic rings. The smallest absolute Gasteiger partial charge is 0.408 e. The molecule has 3 aromatic carbocycles. The first-order valence-corrected chi connectivity index (χ1v) is 14.3. The Morgan fingerprint density at radius 3 is 2.24 bits per heavy atom. The van der Waals surface area contributed by atoms with Crippen LogP contribution >= 0.6 is 0 Å². The maximum absolute atomic E-state index is 13.2. The van der Waals surface area contributed by atoms with Crippen molar-refractivity contribution in [1.82, 2.24) is 5.32 Å². The molecule has 4 rings (SSSR count). The predicted octanol–water partition coefficient (Wildman–Crippen LogP) is 4.50. The van der Waals surface area contributed by atoms with Crippen molar-refractivity contribution in [3.05, 3.63) is 71.3 Å². The van der Waals surface area contributed by atoms with Crippen molar-refractivity contribution < 1.29 is 48.0 Å². The number of anilines is 2. The molecule has 1 aliphatic heterocycles. The molecule has 1 aliphatic rings. The molecule has 0 fully saturated rings. The van der Waals surface area contributed by atoms with Gasteiger partial charge in [-0.3, -0.25) is 14.4 Å². The number of methoxy groups -OCH3 is 3. The molecule has 0 saturated heterocycles. The van der Waals surface area contributed by atoms with Crippen LogP contribution in [0, 0.1) is 0 Å². The second-order valence-electron chi connectivity index (χ2n) is 11.3. The summed E-state index contributed by atoms with van der Waals surface area (Å²) in [5.74, 6) is -0.223. The molecule has 0 bridgehead atoms. The number of carbonyl (C=O) groups excluding carboxylic acids is 4. The Labute approximate surface area is 266 Å². The van der Waals surface area contributed by atoms with E-state index in [9.17, 15) is 24.3 Å². The Hall–Kier alpha value is -5.30. The maximum atomic E-state index is 13.2. The first-order valence-electron chi connectivity index (χ1n) is 14.3. The average Bonchev–Trinajstić information content (AvgIpc) is 3.01. The van der Waals surface area contributed by atoms with E-state index in [1.54, 1.807) is 69.3 Å². The van der Waals surface area contributed by atoms with Crippen LogP contribution in [0.15, 0.2) is 54.6 Å². The van der Waals surface area contributed by atoms with E-state index >= 15 is 0 Å². The Morgan fingerprint density at radius 1 is 0.935 bits per heavy atom. The number of alkyl carbamates (subject to hydrolysis) is 1. The van der Waals surface area contributed by atoms with Gasteiger partial charge < -0.3 is 44.7 Å². The Bertz CT molecular complexity index is 1630. The Balaban J connectivity index is 1.46. The summed E-state index contributed by atoms with van der Waals surface area (Å²) in [6, 6.07) is 13.4. The molecule has 4 N–H and O–H groups in total. The van der Waals surface area contributed by atoms with E-state index in [2.05, 4.69) is 16.0 Å². The van der Waals surface area contributed by atoms with Gasteiger partial charge in [-0.05, 0) is 56.7 Å². The van der Waals surface area contributed by atoms with Crippen molar-refractivity contribution >= 4 is 35.1 Å². The number of ketones is 1. The van der Waals surface area contributed by atoms with Gasteiger partial charge in [-0.1, -0.05) is 18.2 Å². The summed E-state index contributed by atoms with van der Waals surface area (Å²) in [6.07, 6.45) is -1.48. The fourth-order valence-corrected chi connectivity index (χ4v) is 4.77. The van der Waals surface area contributed by atoms with Gasteiger partial charge in [0.25, 0.3) is 5.91 Å². The van der Waals surface area contributed by atoms with Gasteiger partial charge in [-0.25, -0.2) is 4.79 Å². The molecule has 1 unspecified atom stereocenters. The fraction of sp³-hybridized carbons (Fsp3) is 0.333. The second-order valence-corrected chi connectivity index (χ2v) is 11.3. The number of aliphatic hydroxyl groups excluding tert-OH is 1. The van der Waals surface area contributed by atoms with Crippen LogP contribution in [0.1, 0.15) is 59.6 Å². The summed E-state index contributed by atoms with van der Waals surface area (Å²) in [5.41, 5.74) is 1.08. The second kappa shape index (κ2) is 14.2. The first-order chi connectivity index (χ1) is 21.9. The van der Waals surface area contributed by atoms with E-state index in [0.717, 1.165) is 0 Å². The highest BCUT2D eigenvalue weighted by molar-refractivity contribution is 6.06. The lowest BCUT2D eigenvalue weighted by Crippen LogP contribution is -2.47. The third-order valence-electron chi connectivity index (χ3n) is 6.81. The Morgan fingerprint density at radius 2 is 1.61 bits per heavy atom. The number of ether oxygens (including phenoxy) is 5. The van der Waals surface area contributed by atoms with Crippen molar-refractivity contribution in [2.24, 2.45) is 0 Å². The van der Waals surface area contributed by atoms with Crippen LogP contribution in [0.5, 0.6) is 23.0 Å². The van der Waals surface area contributed by atoms with Gasteiger partial charge in [0.2, 0.25) is 11.7 Å². The molecule has 46 heavy (non-hydrogen) atoms. The van der Waals surface area contributed by atoms with Gasteiger partial charge in [0.15, 0.2) is 17.3 Å². The van der Waals surface area contributed by atoms with Gasteiger partial charge in [0.1, 0.15) is 29.1 Å². The van der Waals surface area contributed by atoms with E-state index in [-0.39, 0.29) is 46.3 Å². The summed E-state index contributed by atoms with van der Waals surface area (Å²) in [5, 5.41) is 17.4. The summed E-state index contributed by atoms with van der Waals surface area (Å²) in [4.78, 5) is 51.2. The lowest BCUT2D eigenvalue weighted by Gasteiger charge is -2.28. The van der Waals surface area contributed by atoms with Crippen LogP contribution in [0.2, 0.25) is 0 Å². The number of aliphatic hydroxyl groups is 1. The third kappa shape index (κ3) is 7.85. The number of carbonyl (C=O) groups is 4. The Kier molecular flexibility index (Phi) is 10.4. The van der Waals surface area contributed by atoms with Gasteiger partial charge in [0, 0.05) is 23.0 Å². The number of nitrogens with one attached hydrogen (secondary N) is 3. The number of benzene rings is 3. The molecule has 1 heterocycles. The van der Waals surface area contributed by atoms with Crippen molar-refractivity contribution in [2.45, 2.75) is 44.9 Å². The first kappa shape index (κ1) is 33.6. The minimum absolute atomic E-state index is 0.0234. The lowest BCUT2D eigenvalue weighted by molar-refractivity contribution is -0.119. The van der Waals surface area contributed by atoms with E-state index in [1.807, 2.05) is 0 Å². The zero-order valence-corrected chi connectivity index (χ0v) is 26.4. The van der Waals surface area contributed by atoms with Gasteiger partial charge in [-0.2, -0.15) is 0 Å². The molecule has 0 saturated carbocycles. The monoisotopic (exact) mass is 635 g/mol. The number of Topliss-reactive ketones (excluding diaryl/α,β-unsaturated/α-hetero) is 1. The highest BCUT2D eigenvalue weighted by atomic mass is 16.6. The van der Waals surface area contributed by atoms with Crippen LogP contribution in [0.25, 0.3) is 0 Å². The SMILES string of the molecule is COc1cc2c(c(OC)c1OC)C(=O)CC(c1cccc(NC(=O)c3cccc(NC(=O)[C@H](CO)NC(=O)OC(C)(C)C)c3)c1)O2. The third-order valence-corrected chi connectivity index (χ3v) is 6.81. The minimum atomic E-state index is -1.28. The van der Waals surface area contributed by atoms with Crippen LogP contribution < -0.4 is 34.9 Å². The number of hydrogen-bond acceptors (Lipinski definition) is 10. The standard InChI is InChI=1S/C33H37N3O10/c1-33(2,3)46-32(41)36-22(17-37)31(40)35-21-12-8-10-19(14-21)30(39)34-20-11-7-9-18(13-20)24-15-23(38)27-25(45-24)16-26(42-4)28(43-5)29(27)44-6/h7-14,16,22,24,37H,15,17H2,1-6H3,(H,34,39)(H,35,40)(H,36,41)/t22-,24?/m0/s1. The van der Waals surface area contributed by atoms with E-state index in [1.165, 1.54) is 27.4 Å². The number of amides is 3. The number of rotatable bonds is 10. The van der Waals surface area contributed by atoms with Gasteiger partial charge >= 0.3 is 6.09 Å². The molecule has 0 aromatic heterocycles. The van der Waals surface area contributed by atoms with Crippen molar-refractivity contribution in [3.63, 3.8) is 0 Å². The normalized spacial score (nSPS) is 14.6. The van der Waals surface area contributed by atoms with E-state index in [4.69, 9.17) is 23.7 Å². The molecule has 0 radical (unpaired) electrons. The number of hydrogen-bond donors (Lipinski definition) is 4. The largest absolute Gasteiger partial charge is 0.493 e. The molecule has 0 spiro atoms. The molecule has 13 nitrogen and oxygen atoms in total. The predicted molar refractivity (Wildman–Crippen MR) is 168 cm³/mol. The topological polar surface area (TPSA) is 171 Å². The number of fused-ring (bicyclic) bond motifs is 1. The van der Waals surface area contributed by atoms with Gasteiger partial charge in [-0.15, -0.1) is 0 Å². The van der Waals surface area contributed by atoms with E-state index in [0.29, 0.717) is 17.0 Å². The summed E-state index contributed by atoms with van der Waals surface area (Å²) >= 11 is 0. The molecule has 0 aliphatic carbocycles. The molecule has 244 valence electrons. The lowest BCUT2D eigenvalue weighted by atomic mass is 9.94. The van der Waals surface area contributed by atoms with Crippen molar-refractivity contribution in [3.8, 4) is 23.0 Å². The van der Waals surface area contributed by atoms with Crippen LogP contribution in [-0.2, 0) is 9.53 Å². The van der Waals surface area contributed by atoms with Gasteiger partial charge in [0.05, 0.1) is 34.4 Å². The molecule has 2 atom stereocenters. The summed E-state index contributed by atoms with van der Waals surface area (Å²) < 4.78 is 27.6. The summed E-state index contributed by atoms with van der Waals surface area (Å²) in [6.45, 7) is 4.35. The van der Waals surface area contributed by atoms with Crippen molar-refractivity contribution in [1.29, 1.82) is 0 Å². The summed E-state index contributed by atoms with van der Waals surface area (Å²) in [7, 11) is 4.36. The maximum Gasteiger partial charge on any atom is 0.408 e. The fourth-order valence-electron chi connectivity index (χ4n) is 4.77. The molecule has 3 amide bonds. The average molecular weight is 636 g/mol. The van der Waals surface area contributed by atoms with Crippen LogP contribution in [-0.4, -0.2) is 68.4 Å². The highest BCUT2D eigenvalue weighted by Gasteiger charge is 2.34. The zero-order valence-electron chi connectivity index (χ0n) is 26.4. The highest BCUT2D eigenvalue weighted by Crippen LogP contribution is 2.49. The zero-order chi connectivity index (χ0) is 33.6. The quantitative estimate of drug-likeness (QED) is 0.249. The van der Waals surface area contributed by atoms with E-state index < -0.39 is 42.3 Å². The molecular weight excluding hydrogens is 598 g/mol. The van der Waals surface area contributed by atoms with Crippen molar-refractivity contribution in [2.75, 3.05) is 38.6 Å². The van der Waals surface area contributed by atoms with Crippen LogP contribution in [0.4, 0.5) is 16.2 Å². The molecule has 13 heteroatoms. The minimum Gasteiger partial charge on any atom is -0.493 e.